The second kappa shape index (κ2) is 5.52. The molecule has 0 radical (unpaired) electrons. The smallest absolute Gasteiger partial charge is 0.134 e. The van der Waals surface area contributed by atoms with E-state index < -0.39 is 0 Å². The Kier molecular flexibility index (Phi) is 3.78. The monoisotopic (exact) mass is 215 g/mol. The molecule has 1 N–H and O–H groups in total. The van der Waals surface area contributed by atoms with Gasteiger partial charge in [-0.25, -0.2) is 0 Å². The summed E-state index contributed by atoms with van der Waals surface area (Å²) in [5.41, 5.74) is 0.966. The predicted molar refractivity (Wildman–Crippen MR) is 67.4 cm³/mol. The molecule has 2 aromatic rings. The Labute approximate surface area is 96.0 Å². The van der Waals surface area contributed by atoms with Crippen LogP contribution in [0.15, 0.2) is 46.9 Å². The maximum absolute atomic E-state index is 5.69. The summed E-state index contributed by atoms with van der Waals surface area (Å²) in [6.07, 6.45) is 5.30. The van der Waals surface area contributed by atoms with Crippen LogP contribution < -0.4 is 5.32 Å². The van der Waals surface area contributed by atoms with Crippen LogP contribution in [0, 0.1) is 0 Å². The first kappa shape index (κ1) is 11.0. The first-order valence-corrected chi connectivity index (χ1v) is 5.69. The summed E-state index contributed by atoms with van der Waals surface area (Å²) in [6.45, 7) is 3.83. The van der Waals surface area contributed by atoms with E-state index in [0.29, 0.717) is 0 Å². The Morgan fingerprint density at radius 3 is 3.00 bits per heavy atom. The highest BCUT2D eigenvalue weighted by molar-refractivity contribution is 5.77. The van der Waals surface area contributed by atoms with Gasteiger partial charge in [-0.05, 0) is 32.0 Å². The highest BCUT2D eigenvalue weighted by Crippen LogP contribution is 2.18. The van der Waals surface area contributed by atoms with Crippen LogP contribution in [-0.4, -0.2) is 6.54 Å². The van der Waals surface area contributed by atoms with Crippen LogP contribution in [0.25, 0.3) is 11.0 Å². The molecule has 1 heterocycles. The number of rotatable bonds is 5. The standard InChI is InChI=1S/C14H17NO/c1-2-3-6-9-15-11-13-10-12-7-4-5-8-14(12)16-13/h2-5,7-8,10,15H,6,9,11H2,1H3/b3-2+. The number of hydrogen-bond acceptors (Lipinski definition) is 2. The van der Waals surface area contributed by atoms with Crippen LogP contribution in [0.1, 0.15) is 19.1 Å². The number of para-hydroxylation sites is 1. The molecule has 0 bridgehead atoms. The second-order valence-corrected chi connectivity index (χ2v) is 3.79. The predicted octanol–water partition coefficient (Wildman–Crippen LogP) is 3.49. The second-order valence-electron chi connectivity index (χ2n) is 3.79. The summed E-state index contributed by atoms with van der Waals surface area (Å²) in [7, 11) is 0. The van der Waals surface area contributed by atoms with E-state index in [4.69, 9.17) is 4.42 Å². The van der Waals surface area contributed by atoms with Gasteiger partial charge in [-0.1, -0.05) is 30.4 Å². The van der Waals surface area contributed by atoms with Crippen molar-refractivity contribution in [1.29, 1.82) is 0 Å². The van der Waals surface area contributed by atoms with Crippen molar-refractivity contribution in [2.24, 2.45) is 0 Å². The van der Waals surface area contributed by atoms with Crippen molar-refractivity contribution in [3.63, 3.8) is 0 Å². The molecular weight excluding hydrogens is 198 g/mol. The van der Waals surface area contributed by atoms with Crippen LogP contribution in [-0.2, 0) is 6.54 Å². The summed E-state index contributed by atoms with van der Waals surface area (Å²) in [5, 5.41) is 4.53. The van der Waals surface area contributed by atoms with Gasteiger partial charge in [0.05, 0.1) is 6.54 Å². The van der Waals surface area contributed by atoms with E-state index >= 15 is 0 Å². The topological polar surface area (TPSA) is 25.2 Å². The number of fused-ring (bicyclic) bond motifs is 1. The van der Waals surface area contributed by atoms with Gasteiger partial charge in [-0.3, -0.25) is 0 Å². The fourth-order valence-electron chi connectivity index (χ4n) is 1.69. The molecular formula is C14H17NO. The van der Waals surface area contributed by atoms with Crippen molar-refractivity contribution in [3.05, 3.63) is 48.2 Å². The molecule has 2 heteroatoms. The minimum absolute atomic E-state index is 0.798. The number of furan rings is 1. The van der Waals surface area contributed by atoms with E-state index in [9.17, 15) is 0 Å². The lowest BCUT2D eigenvalue weighted by atomic mass is 10.2. The molecule has 0 atom stereocenters. The zero-order valence-corrected chi connectivity index (χ0v) is 9.57. The Morgan fingerprint density at radius 1 is 1.31 bits per heavy atom. The summed E-state index contributed by atoms with van der Waals surface area (Å²) < 4.78 is 5.69. The molecule has 1 aromatic carbocycles. The van der Waals surface area contributed by atoms with Crippen LogP contribution in [0.3, 0.4) is 0 Å². The molecule has 0 aliphatic rings. The van der Waals surface area contributed by atoms with E-state index in [1.807, 2.05) is 25.1 Å². The SMILES string of the molecule is C/C=C/CCNCc1cc2ccccc2o1. The molecule has 0 saturated carbocycles. The summed E-state index contributed by atoms with van der Waals surface area (Å²) in [5.74, 6) is 1.00. The zero-order chi connectivity index (χ0) is 11.2. The van der Waals surface area contributed by atoms with Gasteiger partial charge in [-0.15, -0.1) is 0 Å². The van der Waals surface area contributed by atoms with Gasteiger partial charge >= 0.3 is 0 Å². The first-order valence-electron chi connectivity index (χ1n) is 5.69. The molecule has 0 unspecified atom stereocenters. The number of nitrogens with one attached hydrogen (secondary N) is 1. The average molecular weight is 215 g/mol. The van der Waals surface area contributed by atoms with Crippen LogP contribution in [0.2, 0.25) is 0 Å². The summed E-state index contributed by atoms with van der Waals surface area (Å²) in [6, 6.07) is 10.2. The van der Waals surface area contributed by atoms with Gasteiger partial charge in [0.15, 0.2) is 0 Å². The number of benzene rings is 1. The van der Waals surface area contributed by atoms with Crippen molar-refractivity contribution in [2.45, 2.75) is 19.9 Å². The normalized spacial score (nSPS) is 11.6. The quantitative estimate of drug-likeness (QED) is 0.610. The highest BCUT2D eigenvalue weighted by Gasteiger charge is 2.01. The average Bonchev–Trinajstić information content (AvgIpc) is 2.71. The van der Waals surface area contributed by atoms with Gasteiger partial charge in [0, 0.05) is 5.39 Å². The van der Waals surface area contributed by atoms with E-state index in [-0.39, 0.29) is 0 Å². The van der Waals surface area contributed by atoms with E-state index in [1.54, 1.807) is 0 Å². The number of allylic oxidation sites excluding steroid dienone is 1. The van der Waals surface area contributed by atoms with Gasteiger partial charge in [-0.2, -0.15) is 0 Å². The third-order valence-corrected chi connectivity index (χ3v) is 2.50. The third-order valence-electron chi connectivity index (χ3n) is 2.50. The fourth-order valence-corrected chi connectivity index (χ4v) is 1.69. The van der Waals surface area contributed by atoms with Crippen molar-refractivity contribution < 1.29 is 4.42 Å². The van der Waals surface area contributed by atoms with Crippen molar-refractivity contribution in [2.75, 3.05) is 6.54 Å². The summed E-state index contributed by atoms with van der Waals surface area (Å²) >= 11 is 0. The third kappa shape index (κ3) is 2.74. The molecule has 0 aliphatic heterocycles. The molecule has 0 aliphatic carbocycles. The molecule has 0 saturated heterocycles. The van der Waals surface area contributed by atoms with Gasteiger partial charge in [0.25, 0.3) is 0 Å². The van der Waals surface area contributed by atoms with E-state index in [0.717, 1.165) is 30.9 Å². The van der Waals surface area contributed by atoms with E-state index in [1.165, 1.54) is 5.39 Å². The van der Waals surface area contributed by atoms with Crippen molar-refractivity contribution in [3.8, 4) is 0 Å². The van der Waals surface area contributed by atoms with Crippen LogP contribution in [0.4, 0.5) is 0 Å². The number of hydrogen-bond donors (Lipinski definition) is 1. The van der Waals surface area contributed by atoms with Crippen molar-refractivity contribution >= 4 is 11.0 Å². The lowest BCUT2D eigenvalue weighted by Crippen LogP contribution is -2.13. The summed E-state index contributed by atoms with van der Waals surface area (Å²) in [4.78, 5) is 0. The lowest BCUT2D eigenvalue weighted by Gasteiger charge is -1.98. The minimum Gasteiger partial charge on any atom is -0.460 e. The van der Waals surface area contributed by atoms with Gasteiger partial charge in [0.1, 0.15) is 11.3 Å². The van der Waals surface area contributed by atoms with Gasteiger partial charge < -0.3 is 9.73 Å². The largest absolute Gasteiger partial charge is 0.460 e. The molecule has 1 aromatic heterocycles. The fraction of sp³-hybridized carbons (Fsp3) is 0.286. The zero-order valence-electron chi connectivity index (χ0n) is 9.57. The van der Waals surface area contributed by atoms with E-state index in [2.05, 4.69) is 29.6 Å². The van der Waals surface area contributed by atoms with Crippen LogP contribution >= 0.6 is 0 Å². The molecule has 0 amide bonds. The molecule has 16 heavy (non-hydrogen) atoms. The van der Waals surface area contributed by atoms with Crippen molar-refractivity contribution in [1.82, 2.24) is 5.32 Å². The molecule has 2 nitrogen and oxygen atoms in total. The van der Waals surface area contributed by atoms with Crippen LogP contribution in [0.5, 0.6) is 0 Å². The minimum atomic E-state index is 0.798. The Morgan fingerprint density at radius 2 is 2.19 bits per heavy atom. The highest BCUT2D eigenvalue weighted by atomic mass is 16.3. The molecule has 0 fully saturated rings. The molecule has 2 rings (SSSR count). The Bertz CT molecular complexity index is 437. The molecule has 84 valence electrons. The van der Waals surface area contributed by atoms with Gasteiger partial charge in [0.2, 0.25) is 0 Å². The maximum Gasteiger partial charge on any atom is 0.134 e. The molecule has 0 spiro atoms. The Hall–Kier alpha value is -1.54. The first-order chi connectivity index (χ1) is 7.90. The Balaban J connectivity index is 1.89. The lowest BCUT2D eigenvalue weighted by molar-refractivity contribution is 0.516. The maximum atomic E-state index is 5.69.